The average molecular weight is 717 g/mol. The highest BCUT2D eigenvalue weighted by Gasteiger charge is 2.39. The number of aromatic nitrogens is 5. The van der Waals surface area contributed by atoms with Crippen LogP contribution >= 0.6 is 23.2 Å². The van der Waals surface area contributed by atoms with Crippen LogP contribution in [0.2, 0.25) is 10.0 Å². The van der Waals surface area contributed by atoms with Crippen molar-refractivity contribution in [3.05, 3.63) is 90.8 Å². The van der Waals surface area contributed by atoms with Gasteiger partial charge in [0.2, 0.25) is 5.88 Å². The molecular formula is C35H35Cl2N9O4. The molecule has 2 fully saturated rings. The minimum Gasteiger partial charge on any atom is -0.481 e. The molecule has 1 spiro atoms. The summed E-state index contributed by atoms with van der Waals surface area (Å²) in [5, 5.41) is 13.1. The van der Waals surface area contributed by atoms with E-state index in [1.807, 2.05) is 30.3 Å². The number of halogens is 2. The molecule has 15 heteroatoms. The first-order chi connectivity index (χ1) is 24.1. The largest absolute Gasteiger partial charge is 0.481 e. The van der Waals surface area contributed by atoms with E-state index < -0.39 is 11.2 Å². The second kappa shape index (κ2) is 13.4. The molecule has 5 aromatic rings. The van der Waals surface area contributed by atoms with Gasteiger partial charge in [-0.3, -0.25) is 13.9 Å². The number of ether oxygens (including phenoxy) is 1. The second-order valence-electron chi connectivity index (χ2n) is 12.6. The molecule has 0 radical (unpaired) electrons. The van der Waals surface area contributed by atoms with Crippen molar-refractivity contribution in [2.24, 2.45) is 14.1 Å². The number of aryl methyl sites for hydroxylation is 2. The second-order valence-corrected chi connectivity index (χ2v) is 13.4. The molecule has 2 saturated heterocycles. The molecule has 3 aromatic heterocycles. The van der Waals surface area contributed by atoms with Gasteiger partial charge in [0.1, 0.15) is 17.5 Å². The average Bonchev–Trinajstić information content (AvgIpc) is 3.89. The first-order valence-electron chi connectivity index (χ1n) is 16.2. The zero-order valence-electron chi connectivity index (χ0n) is 27.7. The Kier molecular flexibility index (Phi) is 8.97. The minimum atomic E-state index is -0.513. The van der Waals surface area contributed by atoms with E-state index in [-0.39, 0.29) is 28.4 Å². The molecule has 0 saturated carbocycles. The fraction of sp³-hybridized carbons (Fsp3) is 0.314. The number of amides is 2. The number of carbonyl (C=O) groups is 1. The summed E-state index contributed by atoms with van der Waals surface area (Å²) in [6.45, 7) is 2.70. The maximum absolute atomic E-state index is 13.0. The monoisotopic (exact) mass is 715 g/mol. The van der Waals surface area contributed by atoms with Crippen molar-refractivity contribution < 1.29 is 9.53 Å². The Bertz CT molecular complexity index is 2280. The van der Waals surface area contributed by atoms with Crippen LogP contribution in [0.25, 0.3) is 33.4 Å². The molecule has 2 amide bonds. The quantitative estimate of drug-likeness (QED) is 0.208. The molecule has 4 N–H and O–H groups in total. The number of fused-ring (bicyclic) bond motifs is 2. The zero-order chi connectivity index (χ0) is 35.2. The summed E-state index contributed by atoms with van der Waals surface area (Å²) in [6.07, 6.45) is 5.35. The van der Waals surface area contributed by atoms with Gasteiger partial charge in [-0.05, 0) is 49.9 Å². The number of rotatable bonds is 5. The predicted molar refractivity (Wildman–Crippen MR) is 194 cm³/mol. The van der Waals surface area contributed by atoms with E-state index in [2.05, 4.69) is 37.3 Å². The van der Waals surface area contributed by atoms with Gasteiger partial charge < -0.3 is 26.0 Å². The highest BCUT2D eigenvalue weighted by atomic mass is 35.5. The third kappa shape index (κ3) is 5.95. The van der Waals surface area contributed by atoms with Gasteiger partial charge in [-0.1, -0.05) is 53.5 Å². The molecule has 13 nitrogen and oxygen atoms in total. The normalized spacial score (nSPS) is 17.7. The predicted octanol–water partition coefficient (Wildman–Crippen LogP) is 4.34. The summed E-state index contributed by atoms with van der Waals surface area (Å²) in [6, 6.07) is 13.3. The maximum atomic E-state index is 13.0. The van der Waals surface area contributed by atoms with Crippen LogP contribution in [0.15, 0.2) is 58.4 Å². The lowest BCUT2D eigenvalue weighted by Gasteiger charge is -2.18. The van der Waals surface area contributed by atoms with Crippen LogP contribution in [0.3, 0.4) is 0 Å². The van der Waals surface area contributed by atoms with Crippen LogP contribution in [0.4, 0.5) is 16.3 Å². The van der Waals surface area contributed by atoms with Gasteiger partial charge in [0.05, 0.1) is 34.1 Å². The first-order valence-corrected chi connectivity index (χ1v) is 17.0. The SMILES string of the molecule is COc1nc(-c2cccc(-c3cccc(Nc4ncnc5c4c(=O)n(C)c(=O)n5C)c3Cl)c2Cl)cc2c1CCC2.O=C1NCC2(CCNC2)N1. The molecule has 8 rings (SSSR count). The Balaban J connectivity index is 0.000000334. The summed E-state index contributed by atoms with van der Waals surface area (Å²) in [4.78, 5) is 49.3. The highest BCUT2D eigenvalue weighted by molar-refractivity contribution is 6.39. The van der Waals surface area contributed by atoms with Crippen LogP contribution in [-0.2, 0) is 26.9 Å². The number of pyridine rings is 1. The Hall–Kier alpha value is -4.98. The number of nitrogens with one attached hydrogen (secondary N) is 4. The van der Waals surface area contributed by atoms with Gasteiger partial charge in [-0.2, -0.15) is 0 Å². The Morgan fingerprint density at radius 1 is 0.940 bits per heavy atom. The van der Waals surface area contributed by atoms with Crippen LogP contribution in [0.1, 0.15) is 24.0 Å². The lowest BCUT2D eigenvalue weighted by Crippen LogP contribution is -2.45. The zero-order valence-corrected chi connectivity index (χ0v) is 29.2. The molecule has 1 aliphatic carbocycles. The van der Waals surface area contributed by atoms with E-state index in [1.54, 1.807) is 20.2 Å². The fourth-order valence-corrected chi connectivity index (χ4v) is 7.43. The Morgan fingerprint density at radius 3 is 2.42 bits per heavy atom. The fourth-order valence-electron chi connectivity index (χ4n) is 6.83. The number of anilines is 2. The van der Waals surface area contributed by atoms with Crippen LogP contribution in [0, 0.1) is 0 Å². The smallest absolute Gasteiger partial charge is 0.332 e. The number of urea groups is 1. The maximum Gasteiger partial charge on any atom is 0.332 e. The van der Waals surface area contributed by atoms with Crippen LogP contribution in [-0.4, -0.2) is 62.4 Å². The number of hydrogen-bond donors (Lipinski definition) is 4. The van der Waals surface area contributed by atoms with Gasteiger partial charge in [0.15, 0.2) is 5.65 Å². The summed E-state index contributed by atoms with van der Waals surface area (Å²) >= 11 is 13.9. The van der Waals surface area contributed by atoms with Gasteiger partial charge in [0.25, 0.3) is 5.56 Å². The van der Waals surface area contributed by atoms with E-state index >= 15 is 0 Å². The van der Waals surface area contributed by atoms with Crippen molar-refractivity contribution >= 4 is 51.8 Å². The number of benzene rings is 2. The molecule has 0 bridgehead atoms. The van der Waals surface area contributed by atoms with E-state index in [0.29, 0.717) is 27.2 Å². The molecule has 3 aliphatic rings. The molecule has 2 aliphatic heterocycles. The van der Waals surface area contributed by atoms with Crippen molar-refractivity contribution in [1.29, 1.82) is 0 Å². The summed E-state index contributed by atoms with van der Waals surface area (Å²) in [5.41, 5.74) is 5.08. The van der Waals surface area contributed by atoms with Gasteiger partial charge in [-0.15, -0.1) is 0 Å². The third-order valence-electron chi connectivity index (χ3n) is 9.51. The van der Waals surface area contributed by atoms with Gasteiger partial charge in [0, 0.05) is 49.4 Å². The molecule has 5 heterocycles. The van der Waals surface area contributed by atoms with E-state index in [4.69, 9.17) is 32.9 Å². The highest BCUT2D eigenvalue weighted by Crippen LogP contribution is 2.43. The molecule has 1 atom stereocenters. The Morgan fingerprint density at radius 2 is 1.70 bits per heavy atom. The van der Waals surface area contributed by atoms with Crippen molar-refractivity contribution in [3.63, 3.8) is 0 Å². The molecule has 50 heavy (non-hydrogen) atoms. The van der Waals surface area contributed by atoms with Crippen LogP contribution < -0.4 is 37.3 Å². The van der Waals surface area contributed by atoms with E-state index in [1.165, 1.54) is 23.5 Å². The van der Waals surface area contributed by atoms with Gasteiger partial charge >= 0.3 is 11.7 Å². The first kappa shape index (κ1) is 33.5. The topological polar surface area (TPSA) is 157 Å². The molecule has 1 unspecified atom stereocenters. The summed E-state index contributed by atoms with van der Waals surface area (Å²) < 4.78 is 7.91. The van der Waals surface area contributed by atoms with Crippen molar-refractivity contribution in [1.82, 2.24) is 40.0 Å². The van der Waals surface area contributed by atoms with Crippen LogP contribution in [0.5, 0.6) is 5.88 Å². The summed E-state index contributed by atoms with van der Waals surface area (Å²) in [7, 11) is 4.60. The summed E-state index contributed by atoms with van der Waals surface area (Å²) in [5.74, 6) is 0.867. The Labute approximate surface area is 297 Å². The van der Waals surface area contributed by atoms with E-state index in [9.17, 15) is 14.4 Å². The number of methoxy groups -OCH3 is 1. The lowest BCUT2D eigenvalue weighted by molar-refractivity contribution is 0.245. The number of hydrogen-bond acceptors (Lipinski definition) is 9. The van der Waals surface area contributed by atoms with Crippen molar-refractivity contribution in [2.75, 3.05) is 32.1 Å². The number of nitrogens with zero attached hydrogens (tertiary/aromatic N) is 5. The van der Waals surface area contributed by atoms with E-state index in [0.717, 1.165) is 72.3 Å². The third-order valence-corrected chi connectivity index (χ3v) is 10.3. The molecule has 258 valence electrons. The lowest BCUT2D eigenvalue weighted by atomic mass is 9.99. The van der Waals surface area contributed by atoms with Crippen molar-refractivity contribution in [2.45, 2.75) is 31.2 Å². The van der Waals surface area contributed by atoms with Crippen molar-refractivity contribution in [3.8, 4) is 28.3 Å². The van der Waals surface area contributed by atoms with Gasteiger partial charge in [-0.25, -0.2) is 24.5 Å². The standard InChI is InChI=1S/C29H24Cl2N6O3.C6H11N3O/c1-36-26-22(28(38)37(2)29(36)39)25(32-14-33-26)34-20-12-6-10-18(24(20)31)17-9-5-11-19(23(17)30)21-13-15-7-4-8-16(15)27(35-21)40-3;10-5-8-4-6(9-5)1-2-7-3-6/h5-6,9-14H,4,7-8H2,1-3H3,(H,32,33,34);7H,1-4H2,(H2,8,9,10). The minimum absolute atomic E-state index is 0.0244. The number of carbonyl (C=O) groups excluding carboxylic acids is 1. The molecular weight excluding hydrogens is 681 g/mol. The molecule has 2 aromatic carbocycles.